The zero-order chi connectivity index (χ0) is 47.3. The molecule has 11 atom stereocenters. The molecule has 14 nitrogen and oxygen atoms in total. The molecule has 0 radical (unpaired) electrons. The van der Waals surface area contributed by atoms with Gasteiger partial charge < -0.3 is 64.2 Å². The molecule has 0 aromatic carbocycles. The van der Waals surface area contributed by atoms with Crippen LogP contribution in [0.25, 0.3) is 0 Å². The number of ether oxygens (including phenoxy) is 6. The first kappa shape index (κ1) is 60.1. The van der Waals surface area contributed by atoms with Crippen molar-refractivity contribution >= 4 is 5.97 Å². The van der Waals surface area contributed by atoms with Crippen molar-refractivity contribution in [1.82, 2.24) is 0 Å². The third-order valence-corrected chi connectivity index (χ3v) is 13.1. The van der Waals surface area contributed by atoms with E-state index in [-0.39, 0.29) is 25.6 Å². The van der Waals surface area contributed by atoms with E-state index in [1.165, 1.54) is 154 Å². The fourth-order valence-electron chi connectivity index (χ4n) is 8.76. The number of aliphatic hydroxyl groups excluding tert-OH is 7. The van der Waals surface area contributed by atoms with Gasteiger partial charge in [-0.25, -0.2) is 0 Å². The van der Waals surface area contributed by atoms with Crippen LogP contribution in [0.2, 0.25) is 0 Å². The fraction of sp³-hybridized carbons (Fsp3) is 0.980. The molecule has 2 aliphatic rings. The Bertz CT molecular complexity index is 1090. The van der Waals surface area contributed by atoms with Crippen LogP contribution >= 0.6 is 0 Å². The van der Waals surface area contributed by atoms with Gasteiger partial charge in [0.1, 0.15) is 54.9 Å². The Morgan fingerprint density at radius 2 is 0.815 bits per heavy atom. The second-order valence-electron chi connectivity index (χ2n) is 19.1. The molecular formula is C51H98O14. The van der Waals surface area contributed by atoms with Crippen molar-refractivity contribution in [3.8, 4) is 0 Å². The van der Waals surface area contributed by atoms with Gasteiger partial charge in [-0.1, -0.05) is 200 Å². The first-order valence-electron chi connectivity index (χ1n) is 26.6. The van der Waals surface area contributed by atoms with Crippen molar-refractivity contribution in [2.45, 2.75) is 287 Å². The van der Waals surface area contributed by atoms with E-state index in [4.69, 9.17) is 28.4 Å². The molecule has 2 heterocycles. The summed E-state index contributed by atoms with van der Waals surface area (Å²) in [6.07, 6.45) is 23.4. The van der Waals surface area contributed by atoms with Crippen LogP contribution in [-0.4, -0.2) is 142 Å². The molecular weight excluding hydrogens is 837 g/mol. The highest BCUT2D eigenvalue weighted by atomic mass is 16.7. The Morgan fingerprint density at radius 3 is 1.25 bits per heavy atom. The first-order valence-corrected chi connectivity index (χ1v) is 26.6. The van der Waals surface area contributed by atoms with Crippen LogP contribution in [0.3, 0.4) is 0 Å². The minimum Gasteiger partial charge on any atom is -0.457 e. The van der Waals surface area contributed by atoms with Crippen LogP contribution in [0.4, 0.5) is 0 Å². The standard InChI is InChI=1S/C51H98O14/c1-3-5-7-9-11-13-14-15-16-17-18-19-20-21-22-23-24-25-26-27-29-31-33-35-60-37-40(63-43(53)34-32-30-28-12-10-8-6-4-2)38-61-50-49(59)47(57)45(55)42(65-50)39-62-51-48(58)46(56)44(54)41(36-52)64-51/h40-42,44-52,54-59H,3-39H2,1-2H3. The summed E-state index contributed by atoms with van der Waals surface area (Å²) in [4.78, 5) is 12.9. The van der Waals surface area contributed by atoms with E-state index < -0.39 is 80.7 Å². The van der Waals surface area contributed by atoms with Gasteiger partial charge in [0.05, 0.1) is 26.4 Å². The third kappa shape index (κ3) is 27.7. The number of hydrogen-bond acceptors (Lipinski definition) is 14. The van der Waals surface area contributed by atoms with Gasteiger partial charge in [-0.2, -0.15) is 0 Å². The molecule has 0 bridgehead atoms. The number of unbranched alkanes of at least 4 members (excludes halogenated alkanes) is 29. The maximum atomic E-state index is 12.9. The minimum atomic E-state index is -1.70. The zero-order valence-electron chi connectivity index (χ0n) is 41.0. The Kier molecular flexibility index (Phi) is 36.8. The van der Waals surface area contributed by atoms with E-state index in [9.17, 15) is 40.5 Å². The first-order chi connectivity index (χ1) is 31.6. The van der Waals surface area contributed by atoms with Crippen LogP contribution in [0.5, 0.6) is 0 Å². The lowest BCUT2D eigenvalue weighted by Gasteiger charge is -2.42. The molecule has 14 heteroatoms. The average molecular weight is 935 g/mol. The number of esters is 1. The molecule has 2 saturated heterocycles. The van der Waals surface area contributed by atoms with Crippen molar-refractivity contribution in [2.75, 3.05) is 33.0 Å². The van der Waals surface area contributed by atoms with E-state index in [2.05, 4.69) is 13.8 Å². The highest BCUT2D eigenvalue weighted by molar-refractivity contribution is 5.69. The molecule has 0 aliphatic carbocycles. The van der Waals surface area contributed by atoms with E-state index in [1.807, 2.05) is 0 Å². The lowest BCUT2D eigenvalue weighted by molar-refractivity contribution is -0.332. The topological polar surface area (TPSA) is 214 Å². The van der Waals surface area contributed by atoms with Crippen molar-refractivity contribution in [3.63, 3.8) is 0 Å². The second-order valence-corrected chi connectivity index (χ2v) is 19.1. The summed E-state index contributed by atoms with van der Waals surface area (Å²) in [5.74, 6) is -0.376. The monoisotopic (exact) mass is 935 g/mol. The maximum Gasteiger partial charge on any atom is 0.306 e. The summed E-state index contributed by atoms with van der Waals surface area (Å²) in [6.45, 7) is 3.70. The Labute approximate surface area is 393 Å². The summed E-state index contributed by atoms with van der Waals surface area (Å²) in [5, 5.41) is 72.0. The summed E-state index contributed by atoms with van der Waals surface area (Å²) in [7, 11) is 0. The maximum absolute atomic E-state index is 12.9. The lowest BCUT2D eigenvalue weighted by atomic mass is 9.98. The smallest absolute Gasteiger partial charge is 0.306 e. The summed E-state index contributed by atoms with van der Waals surface area (Å²) >= 11 is 0. The number of carbonyl (C=O) groups excluding carboxylic acids is 1. The summed E-state index contributed by atoms with van der Waals surface area (Å²) < 4.78 is 34.2. The van der Waals surface area contributed by atoms with Crippen LogP contribution in [0.15, 0.2) is 0 Å². The molecule has 2 aliphatic heterocycles. The highest BCUT2D eigenvalue weighted by Gasteiger charge is 2.47. The van der Waals surface area contributed by atoms with E-state index in [0.29, 0.717) is 13.0 Å². The van der Waals surface area contributed by atoms with E-state index in [1.54, 1.807) is 0 Å². The zero-order valence-corrected chi connectivity index (χ0v) is 41.0. The quantitative estimate of drug-likeness (QED) is 0.0228. The van der Waals surface area contributed by atoms with Gasteiger partial charge in [0, 0.05) is 13.0 Å². The van der Waals surface area contributed by atoms with Crippen LogP contribution in [0.1, 0.15) is 219 Å². The van der Waals surface area contributed by atoms with Gasteiger partial charge in [0.25, 0.3) is 0 Å². The number of carbonyl (C=O) groups is 1. The Hall–Kier alpha value is -1.01. The summed E-state index contributed by atoms with van der Waals surface area (Å²) in [5.41, 5.74) is 0. The molecule has 0 saturated carbocycles. The SMILES string of the molecule is CCCCCCCCCCCCCCCCCCCCCCCCCOCC(COC1OC(COC2OC(CO)C(O)C(O)C2O)C(O)C(O)C1O)OC(=O)CCCCCCCCCC. The van der Waals surface area contributed by atoms with Crippen molar-refractivity contribution < 1.29 is 69.0 Å². The Morgan fingerprint density at radius 1 is 0.446 bits per heavy atom. The molecule has 0 spiro atoms. The number of aliphatic hydroxyl groups is 7. The van der Waals surface area contributed by atoms with Gasteiger partial charge in [-0.05, 0) is 12.8 Å². The number of rotatable bonds is 43. The van der Waals surface area contributed by atoms with Crippen molar-refractivity contribution in [1.29, 1.82) is 0 Å². The predicted molar refractivity (Wildman–Crippen MR) is 252 cm³/mol. The summed E-state index contributed by atoms with van der Waals surface area (Å²) in [6, 6.07) is 0. The highest BCUT2D eigenvalue weighted by Crippen LogP contribution is 2.27. The molecule has 0 aromatic heterocycles. The minimum absolute atomic E-state index is 0.0696. The van der Waals surface area contributed by atoms with Crippen LogP contribution < -0.4 is 0 Å². The molecule has 2 rings (SSSR count). The normalized spacial score (nSPS) is 26.4. The molecule has 0 aromatic rings. The van der Waals surface area contributed by atoms with Gasteiger partial charge >= 0.3 is 5.97 Å². The van der Waals surface area contributed by atoms with Crippen LogP contribution in [0, 0.1) is 0 Å². The number of hydrogen-bond donors (Lipinski definition) is 7. The largest absolute Gasteiger partial charge is 0.457 e. The van der Waals surface area contributed by atoms with E-state index >= 15 is 0 Å². The van der Waals surface area contributed by atoms with Gasteiger partial charge in [-0.15, -0.1) is 0 Å². The van der Waals surface area contributed by atoms with E-state index in [0.717, 1.165) is 38.5 Å². The molecule has 386 valence electrons. The second kappa shape index (κ2) is 39.8. The lowest BCUT2D eigenvalue weighted by Crippen LogP contribution is -2.61. The molecule has 65 heavy (non-hydrogen) atoms. The van der Waals surface area contributed by atoms with Crippen LogP contribution in [-0.2, 0) is 33.2 Å². The van der Waals surface area contributed by atoms with Crippen molar-refractivity contribution in [3.05, 3.63) is 0 Å². The molecule has 2 fully saturated rings. The molecule has 7 N–H and O–H groups in total. The van der Waals surface area contributed by atoms with Gasteiger partial charge in [0.2, 0.25) is 0 Å². The molecule has 0 amide bonds. The van der Waals surface area contributed by atoms with Crippen molar-refractivity contribution in [2.24, 2.45) is 0 Å². The molecule has 11 unspecified atom stereocenters. The van der Waals surface area contributed by atoms with Gasteiger partial charge in [-0.3, -0.25) is 4.79 Å². The third-order valence-electron chi connectivity index (χ3n) is 13.1. The Balaban J connectivity index is 1.66. The average Bonchev–Trinajstić information content (AvgIpc) is 3.30. The predicted octanol–water partition coefficient (Wildman–Crippen LogP) is 8.08. The fourth-order valence-corrected chi connectivity index (χ4v) is 8.76. The van der Waals surface area contributed by atoms with Gasteiger partial charge in [0.15, 0.2) is 12.6 Å².